The average Bonchev–Trinajstić information content (AvgIpc) is 2.67. The van der Waals surface area contributed by atoms with Gasteiger partial charge in [-0.25, -0.2) is 17.6 Å². The summed E-state index contributed by atoms with van der Waals surface area (Å²) in [5, 5.41) is 4.18. The molecular formula is C20H12F4N2O2. The third-order valence-electron chi connectivity index (χ3n) is 3.79. The molecule has 142 valence electrons. The Hall–Kier alpha value is -3.68. The number of anilines is 2. The predicted molar refractivity (Wildman–Crippen MR) is 95.1 cm³/mol. The molecule has 28 heavy (non-hydrogen) atoms. The Labute approximate surface area is 156 Å². The molecule has 2 amide bonds. The van der Waals surface area contributed by atoms with Crippen molar-refractivity contribution >= 4 is 23.2 Å². The molecule has 0 aliphatic carbocycles. The summed E-state index contributed by atoms with van der Waals surface area (Å²) in [7, 11) is 0. The van der Waals surface area contributed by atoms with Crippen LogP contribution in [0.15, 0.2) is 60.7 Å². The largest absolute Gasteiger partial charge is 0.317 e. The van der Waals surface area contributed by atoms with Crippen molar-refractivity contribution in [3.63, 3.8) is 0 Å². The Morgan fingerprint density at radius 1 is 0.571 bits per heavy atom. The van der Waals surface area contributed by atoms with E-state index >= 15 is 0 Å². The van der Waals surface area contributed by atoms with E-state index in [1.807, 2.05) is 0 Å². The van der Waals surface area contributed by atoms with Crippen molar-refractivity contribution in [2.45, 2.75) is 0 Å². The van der Waals surface area contributed by atoms with Crippen molar-refractivity contribution in [3.8, 4) is 0 Å². The fourth-order valence-electron chi connectivity index (χ4n) is 2.41. The molecule has 0 fully saturated rings. The zero-order valence-electron chi connectivity index (χ0n) is 14.1. The van der Waals surface area contributed by atoms with Gasteiger partial charge in [-0.05, 0) is 42.5 Å². The number of halogens is 4. The van der Waals surface area contributed by atoms with Gasteiger partial charge in [-0.1, -0.05) is 18.2 Å². The van der Waals surface area contributed by atoms with Gasteiger partial charge in [0.1, 0.15) is 34.6 Å². The van der Waals surface area contributed by atoms with Crippen LogP contribution in [0.2, 0.25) is 0 Å². The van der Waals surface area contributed by atoms with Crippen molar-refractivity contribution in [2.24, 2.45) is 0 Å². The SMILES string of the molecule is O=C(Nc1c(F)cccc1F)c1cccc(C(=O)Nc2c(F)cccc2F)c1. The molecule has 0 heterocycles. The molecule has 0 radical (unpaired) electrons. The predicted octanol–water partition coefficient (Wildman–Crippen LogP) is 4.75. The van der Waals surface area contributed by atoms with Crippen molar-refractivity contribution in [1.82, 2.24) is 0 Å². The standard InChI is InChI=1S/C20H12F4N2O2/c21-13-6-2-7-14(22)17(13)25-19(27)11-4-1-5-12(10-11)20(28)26-18-15(23)8-3-9-16(18)24/h1-10H,(H,25,27)(H,26,28). The smallest absolute Gasteiger partial charge is 0.255 e. The third-order valence-corrected chi connectivity index (χ3v) is 3.79. The molecule has 2 N–H and O–H groups in total. The van der Waals surface area contributed by atoms with E-state index in [0.717, 1.165) is 42.5 Å². The van der Waals surface area contributed by atoms with E-state index in [0.29, 0.717) is 0 Å². The molecule has 3 rings (SSSR count). The molecule has 0 saturated carbocycles. The maximum atomic E-state index is 13.7. The van der Waals surface area contributed by atoms with Crippen LogP contribution in [-0.2, 0) is 0 Å². The lowest BCUT2D eigenvalue weighted by molar-refractivity contribution is 0.102. The molecule has 0 atom stereocenters. The van der Waals surface area contributed by atoms with Crippen LogP contribution in [-0.4, -0.2) is 11.8 Å². The van der Waals surface area contributed by atoms with Gasteiger partial charge >= 0.3 is 0 Å². The van der Waals surface area contributed by atoms with Gasteiger partial charge in [-0.15, -0.1) is 0 Å². The van der Waals surface area contributed by atoms with E-state index in [9.17, 15) is 27.2 Å². The van der Waals surface area contributed by atoms with E-state index in [1.54, 1.807) is 0 Å². The highest BCUT2D eigenvalue weighted by Gasteiger charge is 2.17. The summed E-state index contributed by atoms with van der Waals surface area (Å²) in [6, 6.07) is 11.3. The van der Waals surface area contributed by atoms with Crippen LogP contribution >= 0.6 is 0 Å². The number of amides is 2. The first-order valence-corrected chi connectivity index (χ1v) is 7.97. The third kappa shape index (κ3) is 4.01. The molecular weight excluding hydrogens is 376 g/mol. The lowest BCUT2D eigenvalue weighted by Gasteiger charge is -2.10. The Balaban J connectivity index is 1.82. The molecule has 4 nitrogen and oxygen atoms in total. The Morgan fingerprint density at radius 3 is 1.25 bits per heavy atom. The first-order chi connectivity index (χ1) is 13.4. The van der Waals surface area contributed by atoms with Crippen molar-refractivity contribution in [1.29, 1.82) is 0 Å². The number of hydrogen-bond donors (Lipinski definition) is 2. The first kappa shape index (κ1) is 19.1. The van der Waals surface area contributed by atoms with Crippen molar-refractivity contribution in [3.05, 3.63) is 95.1 Å². The number of benzene rings is 3. The molecule has 0 aliphatic heterocycles. The molecule has 8 heteroatoms. The molecule has 0 spiro atoms. The van der Waals surface area contributed by atoms with Gasteiger partial charge in [0.15, 0.2) is 0 Å². The fraction of sp³-hybridized carbons (Fsp3) is 0. The number of hydrogen-bond acceptors (Lipinski definition) is 2. The fourth-order valence-corrected chi connectivity index (χ4v) is 2.41. The van der Waals surface area contributed by atoms with Crippen LogP contribution in [0.25, 0.3) is 0 Å². The molecule has 3 aromatic carbocycles. The second-order valence-electron chi connectivity index (χ2n) is 5.68. The van der Waals surface area contributed by atoms with Crippen LogP contribution in [0.4, 0.5) is 28.9 Å². The van der Waals surface area contributed by atoms with Gasteiger partial charge in [-0.3, -0.25) is 9.59 Å². The van der Waals surface area contributed by atoms with Crippen molar-refractivity contribution in [2.75, 3.05) is 10.6 Å². The minimum absolute atomic E-state index is 0.0793. The average molecular weight is 388 g/mol. The van der Waals surface area contributed by atoms with E-state index in [4.69, 9.17) is 0 Å². The molecule has 0 unspecified atom stereocenters. The normalized spacial score (nSPS) is 10.4. The Morgan fingerprint density at radius 2 is 0.893 bits per heavy atom. The summed E-state index contributed by atoms with van der Waals surface area (Å²) >= 11 is 0. The summed E-state index contributed by atoms with van der Waals surface area (Å²) in [6.07, 6.45) is 0. The molecule has 0 saturated heterocycles. The summed E-state index contributed by atoms with van der Waals surface area (Å²) < 4.78 is 54.6. The Kier molecular flexibility index (Phi) is 5.39. The van der Waals surface area contributed by atoms with E-state index in [1.165, 1.54) is 18.2 Å². The topological polar surface area (TPSA) is 58.2 Å². The number of rotatable bonds is 4. The van der Waals surface area contributed by atoms with E-state index in [-0.39, 0.29) is 11.1 Å². The van der Waals surface area contributed by atoms with Gasteiger partial charge in [0.05, 0.1) is 0 Å². The monoisotopic (exact) mass is 388 g/mol. The summed E-state index contributed by atoms with van der Waals surface area (Å²) in [4.78, 5) is 24.5. The molecule has 0 aromatic heterocycles. The quantitative estimate of drug-likeness (QED) is 0.634. The van der Waals surface area contributed by atoms with Gasteiger partial charge in [0.2, 0.25) is 0 Å². The van der Waals surface area contributed by atoms with Gasteiger partial charge in [0, 0.05) is 11.1 Å². The number of nitrogens with one attached hydrogen (secondary N) is 2. The summed E-state index contributed by atoms with van der Waals surface area (Å²) in [6.45, 7) is 0. The van der Waals surface area contributed by atoms with Crippen LogP contribution < -0.4 is 10.6 Å². The zero-order valence-corrected chi connectivity index (χ0v) is 14.1. The first-order valence-electron chi connectivity index (χ1n) is 7.97. The molecule has 0 bridgehead atoms. The van der Waals surface area contributed by atoms with Gasteiger partial charge < -0.3 is 10.6 Å². The highest BCUT2D eigenvalue weighted by Crippen LogP contribution is 2.21. The van der Waals surface area contributed by atoms with Crippen LogP contribution in [0.5, 0.6) is 0 Å². The zero-order chi connectivity index (χ0) is 20.3. The Bertz CT molecular complexity index is 949. The maximum Gasteiger partial charge on any atom is 0.255 e. The highest BCUT2D eigenvalue weighted by atomic mass is 19.1. The second-order valence-corrected chi connectivity index (χ2v) is 5.68. The van der Waals surface area contributed by atoms with E-state index in [2.05, 4.69) is 10.6 Å². The number of carbonyl (C=O) groups is 2. The van der Waals surface area contributed by atoms with E-state index < -0.39 is 46.5 Å². The number of carbonyl (C=O) groups excluding carboxylic acids is 2. The summed E-state index contributed by atoms with van der Waals surface area (Å²) in [5.41, 5.74) is -1.42. The highest BCUT2D eigenvalue weighted by molar-refractivity contribution is 6.08. The number of para-hydroxylation sites is 2. The molecule has 3 aromatic rings. The lowest BCUT2D eigenvalue weighted by Crippen LogP contribution is -2.17. The van der Waals surface area contributed by atoms with Gasteiger partial charge in [-0.2, -0.15) is 0 Å². The maximum absolute atomic E-state index is 13.7. The van der Waals surface area contributed by atoms with Crippen molar-refractivity contribution < 1.29 is 27.2 Å². The minimum atomic E-state index is -0.961. The second kappa shape index (κ2) is 7.91. The van der Waals surface area contributed by atoms with Crippen LogP contribution in [0.3, 0.4) is 0 Å². The van der Waals surface area contributed by atoms with Gasteiger partial charge in [0.25, 0.3) is 11.8 Å². The lowest BCUT2D eigenvalue weighted by atomic mass is 10.1. The van der Waals surface area contributed by atoms with Crippen LogP contribution in [0.1, 0.15) is 20.7 Å². The molecule has 0 aliphatic rings. The summed E-state index contributed by atoms with van der Waals surface area (Å²) in [5.74, 6) is -5.57. The van der Waals surface area contributed by atoms with Crippen LogP contribution in [0, 0.1) is 23.3 Å². The minimum Gasteiger partial charge on any atom is -0.317 e.